The summed E-state index contributed by atoms with van der Waals surface area (Å²) in [4.78, 5) is 21.4. The minimum Gasteiger partial charge on any atom is -0.298 e. The third kappa shape index (κ3) is 4.16. The fourth-order valence-corrected chi connectivity index (χ4v) is 3.03. The Morgan fingerprint density at radius 3 is 1.27 bits per heavy atom. The van der Waals surface area contributed by atoms with E-state index in [4.69, 9.17) is 0 Å². The Kier molecular flexibility index (Phi) is 5.87. The van der Waals surface area contributed by atoms with Gasteiger partial charge in [0.05, 0.1) is 0 Å². The van der Waals surface area contributed by atoms with Crippen molar-refractivity contribution >= 4 is 12.6 Å². The standard InChI is InChI=1S/2C10H14O/c2*1-8-5-4-6-10(2,3)9(8)7-11/h2*4-5,7H,6H2,1-3H3. The molecule has 0 saturated heterocycles. The van der Waals surface area contributed by atoms with Crippen LogP contribution >= 0.6 is 0 Å². The van der Waals surface area contributed by atoms with E-state index in [2.05, 4.69) is 39.8 Å². The molecule has 0 saturated carbocycles. The Labute approximate surface area is 134 Å². The van der Waals surface area contributed by atoms with Gasteiger partial charge >= 0.3 is 0 Å². The molecular formula is C20H28O2. The first kappa shape index (κ1) is 18.3. The van der Waals surface area contributed by atoms with E-state index in [1.54, 1.807) is 0 Å². The molecule has 2 rings (SSSR count). The SMILES string of the molecule is CC1=C(C=O)C(C)(C)CC=C1.CC1=C(C=O)C(C)(C)CC=C1. The average Bonchev–Trinajstić information content (AvgIpc) is 2.38. The highest BCUT2D eigenvalue weighted by Gasteiger charge is 2.25. The summed E-state index contributed by atoms with van der Waals surface area (Å²) in [6.07, 6.45) is 12.2. The number of rotatable bonds is 2. The zero-order valence-corrected chi connectivity index (χ0v) is 14.7. The van der Waals surface area contributed by atoms with Crippen molar-refractivity contribution in [2.45, 2.75) is 54.4 Å². The third-order valence-corrected chi connectivity index (χ3v) is 4.54. The van der Waals surface area contributed by atoms with E-state index in [9.17, 15) is 9.59 Å². The lowest BCUT2D eigenvalue weighted by Gasteiger charge is -2.27. The van der Waals surface area contributed by atoms with Gasteiger partial charge in [-0.2, -0.15) is 0 Å². The van der Waals surface area contributed by atoms with E-state index in [0.717, 1.165) is 47.7 Å². The highest BCUT2D eigenvalue weighted by molar-refractivity contribution is 5.78. The van der Waals surface area contributed by atoms with Crippen LogP contribution in [-0.2, 0) is 9.59 Å². The Hall–Kier alpha value is -1.70. The molecule has 0 aromatic heterocycles. The highest BCUT2D eigenvalue weighted by atomic mass is 16.1. The van der Waals surface area contributed by atoms with Crippen molar-refractivity contribution < 1.29 is 9.59 Å². The maximum atomic E-state index is 10.7. The number of hydrogen-bond donors (Lipinski definition) is 0. The Morgan fingerprint density at radius 2 is 1.09 bits per heavy atom. The number of hydrogen-bond acceptors (Lipinski definition) is 2. The molecule has 0 amide bonds. The molecule has 0 bridgehead atoms. The molecule has 0 radical (unpaired) electrons. The molecule has 0 aromatic rings. The lowest BCUT2D eigenvalue weighted by atomic mass is 9.76. The molecule has 0 spiro atoms. The van der Waals surface area contributed by atoms with Gasteiger partial charge in [0, 0.05) is 11.1 Å². The van der Waals surface area contributed by atoms with Crippen LogP contribution in [0, 0.1) is 10.8 Å². The summed E-state index contributed by atoms with van der Waals surface area (Å²) in [5, 5.41) is 0. The lowest BCUT2D eigenvalue weighted by Crippen LogP contribution is -2.18. The van der Waals surface area contributed by atoms with E-state index in [-0.39, 0.29) is 10.8 Å². The third-order valence-electron chi connectivity index (χ3n) is 4.54. The molecule has 2 aliphatic carbocycles. The fraction of sp³-hybridized carbons (Fsp3) is 0.500. The average molecular weight is 300 g/mol. The molecule has 0 fully saturated rings. The predicted molar refractivity (Wildman–Crippen MR) is 92.6 cm³/mol. The molecule has 0 aliphatic heterocycles. The number of aldehydes is 2. The second kappa shape index (κ2) is 7.04. The molecule has 0 N–H and O–H groups in total. The first-order valence-electron chi connectivity index (χ1n) is 7.82. The van der Waals surface area contributed by atoms with Crippen molar-refractivity contribution in [1.82, 2.24) is 0 Å². The minimum atomic E-state index is 0.0422. The summed E-state index contributed by atoms with van der Waals surface area (Å²) < 4.78 is 0. The van der Waals surface area contributed by atoms with Gasteiger partial charge in [0.2, 0.25) is 0 Å². The van der Waals surface area contributed by atoms with Crippen molar-refractivity contribution in [1.29, 1.82) is 0 Å². The number of allylic oxidation sites excluding steroid dienone is 8. The molecule has 2 aliphatic rings. The molecule has 0 unspecified atom stereocenters. The molecule has 2 nitrogen and oxygen atoms in total. The van der Waals surface area contributed by atoms with Crippen LogP contribution in [-0.4, -0.2) is 12.6 Å². The maximum Gasteiger partial charge on any atom is 0.146 e. The van der Waals surface area contributed by atoms with Crippen molar-refractivity contribution in [3.8, 4) is 0 Å². The van der Waals surface area contributed by atoms with Gasteiger partial charge in [-0.1, -0.05) is 52.0 Å². The van der Waals surface area contributed by atoms with Gasteiger partial charge < -0.3 is 0 Å². The van der Waals surface area contributed by atoms with Gasteiger partial charge in [0.25, 0.3) is 0 Å². The van der Waals surface area contributed by atoms with Crippen LogP contribution in [0.4, 0.5) is 0 Å². The van der Waals surface area contributed by atoms with Crippen LogP contribution in [0.15, 0.2) is 46.6 Å². The van der Waals surface area contributed by atoms with E-state index in [1.165, 1.54) is 0 Å². The Morgan fingerprint density at radius 1 is 0.773 bits per heavy atom. The zero-order chi connectivity index (χ0) is 17.0. The largest absolute Gasteiger partial charge is 0.298 e. The summed E-state index contributed by atoms with van der Waals surface area (Å²) in [5.74, 6) is 0. The van der Waals surface area contributed by atoms with Crippen LogP contribution in [0.25, 0.3) is 0 Å². The van der Waals surface area contributed by atoms with Gasteiger partial charge in [0.15, 0.2) is 0 Å². The Balaban J connectivity index is 0.000000220. The van der Waals surface area contributed by atoms with E-state index in [1.807, 2.05) is 26.0 Å². The smallest absolute Gasteiger partial charge is 0.146 e. The minimum absolute atomic E-state index is 0.0422. The van der Waals surface area contributed by atoms with Crippen LogP contribution in [0.1, 0.15) is 54.4 Å². The summed E-state index contributed by atoms with van der Waals surface area (Å²) in [6.45, 7) is 12.4. The van der Waals surface area contributed by atoms with Crippen LogP contribution in [0.2, 0.25) is 0 Å². The van der Waals surface area contributed by atoms with E-state index in [0.29, 0.717) is 0 Å². The number of carbonyl (C=O) groups is 2. The monoisotopic (exact) mass is 300 g/mol. The van der Waals surface area contributed by atoms with Crippen molar-refractivity contribution in [3.63, 3.8) is 0 Å². The van der Waals surface area contributed by atoms with Gasteiger partial charge in [-0.25, -0.2) is 0 Å². The first-order chi connectivity index (χ1) is 10.2. The predicted octanol–water partition coefficient (Wildman–Crippen LogP) is 4.98. The quantitative estimate of drug-likeness (QED) is 0.674. The van der Waals surface area contributed by atoms with Crippen LogP contribution in [0.3, 0.4) is 0 Å². The van der Waals surface area contributed by atoms with Crippen LogP contribution < -0.4 is 0 Å². The Bertz CT molecular complexity index is 515. The molecule has 22 heavy (non-hydrogen) atoms. The second-order valence-corrected chi connectivity index (χ2v) is 7.41. The van der Waals surface area contributed by atoms with Gasteiger partial charge in [-0.3, -0.25) is 9.59 Å². The fourth-order valence-electron chi connectivity index (χ4n) is 3.03. The van der Waals surface area contributed by atoms with Gasteiger partial charge in [0.1, 0.15) is 12.6 Å². The summed E-state index contributed by atoms with van der Waals surface area (Å²) >= 11 is 0. The summed E-state index contributed by atoms with van der Waals surface area (Å²) in [6, 6.07) is 0. The topological polar surface area (TPSA) is 34.1 Å². The second-order valence-electron chi connectivity index (χ2n) is 7.41. The molecule has 2 heteroatoms. The zero-order valence-electron chi connectivity index (χ0n) is 14.7. The molecule has 0 atom stereocenters. The lowest BCUT2D eigenvalue weighted by molar-refractivity contribution is -0.106. The molecule has 0 aromatic carbocycles. The van der Waals surface area contributed by atoms with Crippen molar-refractivity contribution in [2.75, 3.05) is 0 Å². The van der Waals surface area contributed by atoms with E-state index < -0.39 is 0 Å². The molecule has 0 heterocycles. The van der Waals surface area contributed by atoms with Gasteiger partial charge in [-0.15, -0.1) is 0 Å². The molecular weight excluding hydrogens is 272 g/mol. The normalized spacial score (nSPS) is 22.1. The first-order valence-corrected chi connectivity index (χ1v) is 7.82. The summed E-state index contributed by atoms with van der Waals surface area (Å²) in [7, 11) is 0. The maximum absolute atomic E-state index is 10.7. The van der Waals surface area contributed by atoms with E-state index >= 15 is 0 Å². The van der Waals surface area contributed by atoms with Crippen LogP contribution in [0.5, 0.6) is 0 Å². The highest BCUT2D eigenvalue weighted by Crippen LogP contribution is 2.35. The van der Waals surface area contributed by atoms with Crippen molar-refractivity contribution in [2.24, 2.45) is 10.8 Å². The van der Waals surface area contributed by atoms with Crippen molar-refractivity contribution in [3.05, 3.63) is 46.6 Å². The van der Waals surface area contributed by atoms with Gasteiger partial charge in [-0.05, 0) is 48.7 Å². The number of carbonyl (C=O) groups excluding carboxylic acids is 2. The molecule has 120 valence electrons. The summed E-state index contributed by atoms with van der Waals surface area (Å²) in [5.41, 5.74) is 4.19.